The van der Waals surface area contributed by atoms with Crippen molar-refractivity contribution in [3.8, 4) is 0 Å². The molecule has 1 heterocycles. The molecule has 1 saturated heterocycles. The first-order chi connectivity index (χ1) is 4.49. The highest BCUT2D eigenvalue weighted by Gasteiger charge is 2.33. The first kappa shape index (κ1) is 7.58. The summed E-state index contributed by atoms with van der Waals surface area (Å²) in [5.41, 5.74) is 0.366. The van der Waals surface area contributed by atoms with Crippen LogP contribution in [0.2, 0.25) is 0 Å². The van der Waals surface area contributed by atoms with Crippen molar-refractivity contribution in [1.29, 1.82) is 0 Å². The summed E-state index contributed by atoms with van der Waals surface area (Å²) in [7, 11) is 0. The highest BCUT2D eigenvalue weighted by molar-refractivity contribution is 5.96. The minimum Gasteiger partial charge on any atom is -0.343 e. The lowest BCUT2D eigenvalue weighted by molar-refractivity contribution is -0.111. The van der Waals surface area contributed by atoms with E-state index in [1.165, 1.54) is 0 Å². The molecule has 1 N–H and O–H groups in total. The summed E-state index contributed by atoms with van der Waals surface area (Å²) >= 11 is 0. The van der Waals surface area contributed by atoms with E-state index in [1.54, 1.807) is 0 Å². The molecule has 1 atom stereocenters. The van der Waals surface area contributed by atoms with Gasteiger partial charge in [0, 0.05) is 0 Å². The van der Waals surface area contributed by atoms with Crippen molar-refractivity contribution in [3.05, 3.63) is 0 Å². The maximum Gasteiger partial charge on any atom is 0.243 e. The topological polar surface area (TPSA) is 39.0 Å². The summed E-state index contributed by atoms with van der Waals surface area (Å²) in [6.45, 7) is 6.58. The van der Waals surface area contributed by atoms with E-state index in [-0.39, 0.29) is 11.9 Å². The second kappa shape index (κ2) is 2.26. The largest absolute Gasteiger partial charge is 0.343 e. The molecule has 0 aromatic carbocycles. The average molecular weight is 141 g/mol. The molecule has 1 fully saturated rings. The zero-order chi connectivity index (χ0) is 7.78. The van der Waals surface area contributed by atoms with Crippen molar-refractivity contribution in [1.82, 2.24) is 5.32 Å². The third kappa shape index (κ3) is 2.38. The highest BCUT2D eigenvalue weighted by atomic mass is 16.2. The lowest BCUT2D eigenvalue weighted by Crippen LogP contribution is -2.07. The van der Waals surface area contributed by atoms with Gasteiger partial charge < -0.3 is 5.32 Å². The molecule has 1 aliphatic heterocycles. The first-order valence-electron chi connectivity index (χ1n) is 3.79. The molecule has 0 radical (unpaired) electrons. The molecule has 1 aliphatic rings. The van der Waals surface area contributed by atoms with Gasteiger partial charge in [0.05, 0.1) is 0 Å². The van der Waals surface area contributed by atoms with Crippen LogP contribution in [0.5, 0.6) is 0 Å². The van der Waals surface area contributed by atoms with Crippen LogP contribution < -0.4 is 5.32 Å². The number of carbonyl (C=O) groups is 1. The Morgan fingerprint density at radius 1 is 1.50 bits per heavy atom. The Morgan fingerprint density at radius 2 is 2.00 bits per heavy atom. The maximum atomic E-state index is 10.5. The van der Waals surface area contributed by atoms with Gasteiger partial charge in [0.25, 0.3) is 0 Å². The smallest absolute Gasteiger partial charge is 0.243 e. The van der Waals surface area contributed by atoms with Gasteiger partial charge in [0.2, 0.25) is 5.91 Å². The molecule has 0 aliphatic carbocycles. The van der Waals surface area contributed by atoms with E-state index < -0.39 is 0 Å². The fourth-order valence-electron chi connectivity index (χ4n) is 0.911. The second-order valence-corrected chi connectivity index (χ2v) is 4.16. The maximum absolute atomic E-state index is 10.5. The minimum atomic E-state index is 0.194. The fourth-order valence-corrected chi connectivity index (χ4v) is 0.911. The Kier molecular flexibility index (Phi) is 1.71. The number of rotatable bonds is 2. The summed E-state index contributed by atoms with van der Waals surface area (Å²) in [5.74, 6) is 0.226. The number of carbonyl (C=O) groups excluding carboxylic acids is 1. The lowest BCUT2D eigenvalue weighted by atomic mass is 9.90. The third-order valence-electron chi connectivity index (χ3n) is 1.73. The van der Waals surface area contributed by atoms with Crippen LogP contribution in [0.3, 0.4) is 0 Å². The first-order valence-corrected chi connectivity index (χ1v) is 3.79. The fraction of sp³-hybridized carbons (Fsp3) is 0.875. The van der Waals surface area contributed by atoms with Crippen LogP contribution in [-0.4, -0.2) is 11.9 Å². The van der Waals surface area contributed by atoms with Crippen LogP contribution in [0.25, 0.3) is 0 Å². The van der Waals surface area contributed by atoms with Gasteiger partial charge in [-0.15, -0.1) is 0 Å². The molecule has 1 amide bonds. The second-order valence-electron chi connectivity index (χ2n) is 4.16. The van der Waals surface area contributed by atoms with Crippen LogP contribution in [0.4, 0.5) is 0 Å². The van der Waals surface area contributed by atoms with E-state index >= 15 is 0 Å². The third-order valence-corrected chi connectivity index (χ3v) is 1.73. The molecule has 0 bridgehead atoms. The van der Waals surface area contributed by atoms with Crippen molar-refractivity contribution in [2.45, 2.75) is 39.7 Å². The Balaban J connectivity index is 2.12. The van der Waals surface area contributed by atoms with Crippen molar-refractivity contribution >= 4 is 5.91 Å². The van der Waals surface area contributed by atoms with Crippen LogP contribution in [-0.2, 0) is 4.79 Å². The zero-order valence-corrected chi connectivity index (χ0v) is 6.90. The van der Waals surface area contributed by atoms with Crippen LogP contribution in [0.1, 0.15) is 33.6 Å². The predicted octanol–water partition coefficient (Wildman–Crippen LogP) is 1.31. The zero-order valence-electron chi connectivity index (χ0n) is 6.90. The van der Waals surface area contributed by atoms with Gasteiger partial charge in [0.15, 0.2) is 0 Å². The normalized spacial score (nSPS) is 24.3. The Hall–Kier alpha value is -0.530. The van der Waals surface area contributed by atoms with E-state index in [2.05, 4.69) is 26.1 Å². The van der Waals surface area contributed by atoms with Gasteiger partial charge in [-0.25, -0.2) is 0 Å². The lowest BCUT2D eigenvalue weighted by Gasteiger charge is -2.16. The standard InChI is InChI=1S/C8H15NO/c1-8(2,3)5-4-6-7(10)9-6/h6H,4-5H2,1-3H3,(H,9,10). The van der Waals surface area contributed by atoms with Gasteiger partial charge in [-0.3, -0.25) is 4.79 Å². The van der Waals surface area contributed by atoms with Crippen LogP contribution in [0.15, 0.2) is 0 Å². The molecule has 1 unspecified atom stereocenters. The summed E-state index contributed by atoms with van der Waals surface area (Å²) < 4.78 is 0. The molecule has 10 heavy (non-hydrogen) atoms. The van der Waals surface area contributed by atoms with Crippen molar-refractivity contribution < 1.29 is 4.79 Å². The molecule has 0 aromatic rings. The Labute approximate surface area is 62.0 Å². The van der Waals surface area contributed by atoms with E-state index in [9.17, 15) is 4.79 Å². The highest BCUT2D eigenvalue weighted by Crippen LogP contribution is 2.23. The number of amides is 1. The molecule has 1 rings (SSSR count). The molecule has 0 saturated carbocycles. The average Bonchev–Trinajstić information content (AvgIpc) is 2.40. The molecule has 0 spiro atoms. The molecule has 58 valence electrons. The van der Waals surface area contributed by atoms with Gasteiger partial charge in [-0.1, -0.05) is 20.8 Å². The van der Waals surface area contributed by atoms with E-state index in [0.29, 0.717) is 5.41 Å². The van der Waals surface area contributed by atoms with Crippen LogP contribution in [0, 0.1) is 5.41 Å². The SMILES string of the molecule is CC(C)(C)CCC1NC1=O. The van der Waals surface area contributed by atoms with E-state index in [0.717, 1.165) is 12.8 Å². The van der Waals surface area contributed by atoms with Gasteiger partial charge in [0.1, 0.15) is 6.04 Å². The van der Waals surface area contributed by atoms with Crippen molar-refractivity contribution in [3.63, 3.8) is 0 Å². The molecule has 2 nitrogen and oxygen atoms in total. The number of nitrogens with one attached hydrogen (secondary N) is 1. The van der Waals surface area contributed by atoms with Gasteiger partial charge in [-0.2, -0.15) is 0 Å². The predicted molar refractivity (Wildman–Crippen MR) is 40.6 cm³/mol. The van der Waals surface area contributed by atoms with Gasteiger partial charge in [-0.05, 0) is 18.3 Å². The molecule has 2 heteroatoms. The summed E-state index contributed by atoms with van der Waals surface area (Å²) in [4.78, 5) is 10.5. The minimum absolute atomic E-state index is 0.194. The Morgan fingerprint density at radius 3 is 2.30 bits per heavy atom. The van der Waals surface area contributed by atoms with E-state index in [4.69, 9.17) is 0 Å². The summed E-state index contributed by atoms with van der Waals surface area (Å²) in [6, 6.07) is 0.194. The molecular weight excluding hydrogens is 126 g/mol. The molecule has 0 aromatic heterocycles. The summed E-state index contributed by atoms with van der Waals surface area (Å²) in [5, 5.41) is 2.77. The van der Waals surface area contributed by atoms with Crippen molar-refractivity contribution in [2.24, 2.45) is 5.41 Å². The molecular formula is C8H15NO. The number of hydrogen-bond donors (Lipinski definition) is 1. The Bertz CT molecular complexity index is 146. The number of hydrogen-bond acceptors (Lipinski definition) is 1. The van der Waals surface area contributed by atoms with E-state index in [1.807, 2.05) is 0 Å². The summed E-state index contributed by atoms with van der Waals surface area (Å²) in [6.07, 6.45) is 2.12. The van der Waals surface area contributed by atoms with Gasteiger partial charge >= 0.3 is 0 Å². The van der Waals surface area contributed by atoms with Crippen LogP contribution >= 0.6 is 0 Å². The van der Waals surface area contributed by atoms with Crippen molar-refractivity contribution in [2.75, 3.05) is 0 Å². The monoisotopic (exact) mass is 141 g/mol. The quantitative estimate of drug-likeness (QED) is 0.578.